The summed E-state index contributed by atoms with van der Waals surface area (Å²) in [5, 5.41) is 18.8. The zero-order valence-electron chi connectivity index (χ0n) is 12.8. The molecule has 0 bridgehead atoms. The number of nitrogens with one attached hydrogen (secondary N) is 2. The first-order chi connectivity index (χ1) is 11.7. The summed E-state index contributed by atoms with van der Waals surface area (Å²) >= 11 is 0. The van der Waals surface area contributed by atoms with Gasteiger partial charge < -0.3 is 10.4 Å². The van der Waals surface area contributed by atoms with Crippen LogP contribution in [0.4, 0.5) is 4.39 Å². The van der Waals surface area contributed by atoms with Crippen LogP contribution >= 0.6 is 0 Å². The number of hydrogen-bond acceptors (Lipinski definition) is 3. The van der Waals surface area contributed by atoms with E-state index < -0.39 is 0 Å². The van der Waals surface area contributed by atoms with E-state index >= 15 is 0 Å². The van der Waals surface area contributed by atoms with Gasteiger partial charge in [-0.25, -0.2) is 4.39 Å². The lowest BCUT2D eigenvalue weighted by Gasteiger charge is -2.07. The van der Waals surface area contributed by atoms with Gasteiger partial charge in [0.15, 0.2) is 0 Å². The van der Waals surface area contributed by atoms with Crippen molar-refractivity contribution in [2.45, 2.75) is 13.2 Å². The van der Waals surface area contributed by atoms with Crippen molar-refractivity contribution in [2.24, 2.45) is 0 Å². The molecule has 0 unspecified atom stereocenters. The molecule has 6 heteroatoms. The van der Waals surface area contributed by atoms with Crippen LogP contribution in [0.15, 0.2) is 54.6 Å². The van der Waals surface area contributed by atoms with Crippen molar-refractivity contribution in [1.29, 1.82) is 0 Å². The second-order valence-electron chi connectivity index (χ2n) is 5.28. The van der Waals surface area contributed by atoms with Gasteiger partial charge in [0, 0.05) is 12.1 Å². The Hall–Kier alpha value is -2.99. The van der Waals surface area contributed by atoms with Gasteiger partial charge in [-0.1, -0.05) is 24.3 Å². The van der Waals surface area contributed by atoms with E-state index in [-0.39, 0.29) is 18.3 Å². The number of benzene rings is 2. The van der Waals surface area contributed by atoms with Crippen LogP contribution in [0.5, 0.6) is 0 Å². The highest BCUT2D eigenvalue weighted by Gasteiger charge is 2.11. The SMILES string of the molecule is O=C(NCc1ccccc1CO)c1cc(-c2ccc(F)cc2)n[nH]1. The number of aliphatic hydroxyl groups excluding tert-OH is 1. The molecule has 3 aromatic rings. The van der Waals surface area contributed by atoms with E-state index in [1.54, 1.807) is 18.2 Å². The van der Waals surface area contributed by atoms with Crippen molar-refractivity contribution < 1.29 is 14.3 Å². The largest absolute Gasteiger partial charge is 0.392 e. The maximum atomic E-state index is 12.9. The highest BCUT2D eigenvalue weighted by atomic mass is 19.1. The van der Waals surface area contributed by atoms with Crippen molar-refractivity contribution in [3.63, 3.8) is 0 Å². The first kappa shape index (κ1) is 15.9. The molecule has 0 atom stereocenters. The van der Waals surface area contributed by atoms with E-state index in [0.717, 1.165) is 16.7 Å². The molecule has 3 N–H and O–H groups in total. The Labute approximate surface area is 138 Å². The zero-order valence-corrected chi connectivity index (χ0v) is 12.8. The van der Waals surface area contributed by atoms with Crippen LogP contribution in [-0.4, -0.2) is 21.2 Å². The average molecular weight is 325 g/mol. The van der Waals surface area contributed by atoms with Gasteiger partial charge >= 0.3 is 0 Å². The lowest BCUT2D eigenvalue weighted by Crippen LogP contribution is -2.23. The Kier molecular flexibility index (Phi) is 4.67. The maximum Gasteiger partial charge on any atom is 0.269 e. The predicted octanol–water partition coefficient (Wildman–Crippen LogP) is 2.64. The standard InChI is InChI=1S/C18H16FN3O2/c19-15-7-5-12(6-8-15)16-9-17(22-21-16)18(24)20-10-13-3-1-2-4-14(13)11-23/h1-9,23H,10-11H2,(H,20,24)(H,21,22). The third-order valence-electron chi connectivity index (χ3n) is 3.69. The van der Waals surface area contributed by atoms with Crippen LogP contribution in [0, 0.1) is 5.82 Å². The smallest absolute Gasteiger partial charge is 0.269 e. The molecule has 0 aliphatic heterocycles. The fourth-order valence-electron chi connectivity index (χ4n) is 2.36. The van der Waals surface area contributed by atoms with Gasteiger partial charge in [0.1, 0.15) is 11.5 Å². The molecule has 24 heavy (non-hydrogen) atoms. The molecule has 1 aromatic heterocycles. The Morgan fingerprint density at radius 2 is 1.83 bits per heavy atom. The van der Waals surface area contributed by atoms with Crippen molar-refractivity contribution in [1.82, 2.24) is 15.5 Å². The summed E-state index contributed by atoms with van der Waals surface area (Å²) in [6.07, 6.45) is 0. The Bertz CT molecular complexity index is 843. The van der Waals surface area contributed by atoms with Crippen LogP contribution in [0.25, 0.3) is 11.3 Å². The van der Waals surface area contributed by atoms with Crippen LogP contribution < -0.4 is 5.32 Å². The van der Waals surface area contributed by atoms with Gasteiger partial charge in [-0.3, -0.25) is 9.89 Å². The number of aromatic nitrogens is 2. The highest BCUT2D eigenvalue weighted by molar-refractivity contribution is 5.93. The number of carbonyl (C=O) groups excluding carboxylic acids is 1. The molecule has 2 aromatic carbocycles. The molecule has 0 fully saturated rings. The van der Waals surface area contributed by atoms with Crippen molar-refractivity contribution in [3.05, 3.63) is 77.2 Å². The molecule has 5 nitrogen and oxygen atoms in total. The summed E-state index contributed by atoms with van der Waals surface area (Å²) in [4.78, 5) is 12.2. The molecule has 0 spiro atoms. The molecule has 0 saturated carbocycles. The third-order valence-corrected chi connectivity index (χ3v) is 3.69. The molecule has 0 saturated heterocycles. The number of aromatic amines is 1. The fraction of sp³-hybridized carbons (Fsp3) is 0.111. The summed E-state index contributed by atoms with van der Waals surface area (Å²) in [5.74, 6) is -0.626. The Morgan fingerprint density at radius 3 is 2.54 bits per heavy atom. The molecular weight excluding hydrogens is 309 g/mol. The second kappa shape index (κ2) is 7.06. The summed E-state index contributed by atoms with van der Waals surface area (Å²) in [6, 6.07) is 14.8. The van der Waals surface area contributed by atoms with Gasteiger partial charge in [0.2, 0.25) is 0 Å². The molecule has 3 rings (SSSR count). The molecule has 0 aliphatic carbocycles. The van der Waals surface area contributed by atoms with Gasteiger partial charge in [-0.2, -0.15) is 5.10 Å². The van der Waals surface area contributed by atoms with Gasteiger partial charge in [-0.15, -0.1) is 0 Å². The summed E-state index contributed by atoms with van der Waals surface area (Å²) in [6.45, 7) is 0.227. The first-order valence-electron chi connectivity index (χ1n) is 7.44. The molecule has 122 valence electrons. The van der Waals surface area contributed by atoms with Crippen LogP contribution in [0.3, 0.4) is 0 Å². The van der Waals surface area contributed by atoms with E-state index in [1.165, 1.54) is 12.1 Å². The van der Waals surface area contributed by atoms with Gasteiger partial charge in [0.05, 0.1) is 12.3 Å². The fourth-order valence-corrected chi connectivity index (χ4v) is 2.36. The second-order valence-corrected chi connectivity index (χ2v) is 5.28. The molecule has 1 heterocycles. The molecular formula is C18H16FN3O2. The minimum absolute atomic E-state index is 0.0786. The number of carbonyl (C=O) groups is 1. The quantitative estimate of drug-likeness (QED) is 0.675. The lowest BCUT2D eigenvalue weighted by atomic mass is 10.1. The Morgan fingerprint density at radius 1 is 1.12 bits per heavy atom. The van der Waals surface area contributed by atoms with Crippen LogP contribution in [0.1, 0.15) is 21.6 Å². The van der Waals surface area contributed by atoms with Crippen LogP contribution in [0.2, 0.25) is 0 Å². The topological polar surface area (TPSA) is 78.0 Å². The normalized spacial score (nSPS) is 10.6. The predicted molar refractivity (Wildman–Crippen MR) is 87.5 cm³/mol. The number of halogens is 1. The minimum Gasteiger partial charge on any atom is -0.392 e. The highest BCUT2D eigenvalue weighted by Crippen LogP contribution is 2.18. The Balaban J connectivity index is 1.69. The number of H-pyrrole nitrogens is 1. The first-order valence-corrected chi connectivity index (χ1v) is 7.44. The van der Waals surface area contributed by atoms with E-state index in [0.29, 0.717) is 17.9 Å². The summed E-state index contributed by atoms with van der Waals surface area (Å²) in [5.41, 5.74) is 3.23. The number of nitrogens with zero attached hydrogens (tertiary/aromatic N) is 1. The third kappa shape index (κ3) is 3.49. The van der Waals surface area contributed by atoms with E-state index in [4.69, 9.17) is 0 Å². The lowest BCUT2D eigenvalue weighted by molar-refractivity contribution is 0.0945. The monoisotopic (exact) mass is 325 g/mol. The molecule has 0 aliphatic rings. The maximum absolute atomic E-state index is 12.9. The summed E-state index contributed by atoms with van der Waals surface area (Å²) < 4.78 is 12.9. The van der Waals surface area contributed by atoms with Crippen molar-refractivity contribution in [3.8, 4) is 11.3 Å². The summed E-state index contributed by atoms with van der Waals surface area (Å²) in [7, 11) is 0. The van der Waals surface area contributed by atoms with Crippen molar-refractivity contribution >= 4 is 5.91 Å². The minimum atomic E-state index is -0.324. The van der Waals surface area contributed by atoms with E-state index in [2.05, 4.69) is 15.5 Å². The van der Waals surface area contributed by atoms with Crippen molar-refractivity contribution in [2.75, 3.05) is 0 Å². The van der Waals surface area contributed by atoms with Gasteiger partial charge in [0.25, 0.3) is 5.91 Å². The van der Waals surface area contributed by atoms with Crippen LogP contribution in [-0.2, 0) is 13.2 Å². The van der Waals surface area contributed by atoms with E-state index in [1.807, 2.05) is 24.3 Å². The molecule has 1 amide bonds. The molecule has 0 radical (unpaired) electrons. The average Bonchev–Trinajstić information content (AvgIpc) is 3.10. The van der Waals surface area contributed by atoms with Gasteiger partial charge in [-0.05, 0) is 41.5 Å². The number of rotatable bonds is 5. The zero-order chi connectivity index (χ0) is 16.9. The number of amides is 1. The number of aliphatic hydroxyl groups is 1. The van der Waals surface area contributed by atoms with E-state index in [9.17, 15) is 14.3 Å². The number of hydrogen-bond donors (Lipinski definition) is 3.